The number of rotatable bonds is 5. The van der Waals surface area contributed by atoms with Crippen molar-refractivity contribution < 1.29 is 4.79 Å². The van der Waals surface area contributed by atoms with Gasteiger partial charge in [0.25, 0.3) is 5.91 Å². The molecule has 2 rings (SSSR count). The topological polar surface area (TPSA) is 44.4 Å². The number of nitrogens with zero attached hydrogens (tertiary/aromatic N) is 1. The molecule has 0 saturated carbocycles. The number of carbonyl (C=O) groups excluding carboxylic acids is 1. The number of carbonyl (C=O) groups is 1. The van der Waals surface area contributed by atoms with E-state index in [0.29, 0.717) is 24.1 Å². The zero-order valence-corrected chi connectivity index (χ0v) is 16.0. The molecule has 0 fully saturated rings. The summed E-state index contributed by atoms with van der Waals surface area (Å²) in [6.07, 6.45) is 0. The van der Waals surface area contributed by atoms with Crippen LogP contribution in [-0.4, -0.2) is 29.0 Å². The van der Waals surface area contributed by atoms with E-state index < -0.39 is 0 Å². The van der Waals surface area contributed by atoms with Crippen molar-refractivity contribution in [3.05, 3.63) is 46.7 Å². The van der Waals surface area contributed by atoms with Gasteiger partial charge in [-0.1, -0.05) is 38.1 Å². The van der Waals surface area contributed by atoms with Crippen molar-refractivity contribution in [2.45, 2.75) is 46.6 Å². The van der Waals surface area contributed by atoms with Crippen LogP contribution in [0.2, 0.25) is 0 Å². The number of thiocarbonyl (C=S) groups is 1. The minimum atomic E-state index is -0.215. The Labute approximate surface area is 150 Å². The van der Waals surface area contributed by atoms with Crippen LogP contribution in [0.3, 0.4) is 0 Å². The van der Waals surface area contributed by atoms with Gasteiger partial charge in [0.1, 0.15) is 0 Å². The molecule has 1 aliphatic rings. The van der Waals surface area contributed by atoms with Crippen molar-refractivity contribution in [3.8, 4) is 0 Å². The van der Waals surface area contributed by atoms with E-state index in [1.807, 2.05) is 25.7 Å². The van der Waals surface area contributed by atoms with Crippen LogP contribution < -0.4 is 10.6 Å². The fraction of sp³-hybridized carbons (Fsp3) is 0.474. The molecule has 0 radical (unpaired) electrons. The molecule has 1 aromatic rings. The van der Waals surface area contributed by atoms with Crippen LogP contribution in [0.1, 0.15) is 57.7 Å². The second kappa shape index (κ2) is 7.79. The number of allylic oxidation sites excluding steroid dienone is 1. The van der Waals surface area contributed by atoms with Gasteiger partial charge in [-0.3, -0.25) is 4.79 Å². The Bertz CT molecular complexity index is 645. The monoisotopic (exact) mass is 345 g/mol. The second-order valence-corrected chi connectivity index (χ2v) is 6.78. The van der Waals surface area contributed by atoms with E-state index in [1.165, 1.54) is 5.56 Å². The smallest absolute Gasteiger partial charge is 0.253 e. The molecule has 0 aromatic heterocycles. The zero-order chi connectivity index (χ0) is 17.9. The first kappa shape index (κ1) is 18.5. The summed E-state index contributed by atoms with van der Waals surface area (Å²) in [5.41, 5.74) is 3.91. The molecule has 0 spiro atoms. The Hall–Kier alpha value is -1.88. The summed E-state index contributed by atoms with van der Waals surface area (Å²) in [7, 11) is 0. The standard InChI is InChI=1S/C19H27N3OS/c1-6-22(7-2)18(23)16-13(5)20-19(24)21-17(16)15-10-8-14(9-11-15)12(3)4/h8-12,17H,6-7H2,1-5H3,(H2,20,21,24). The molecule has 1 heterocycles. The molecule has 4 nitrogen and oxygen atoms in total. The molecule has 1 unspecified atom stereocenters. The summed E-state index contributed by atoms with van der Waals surface area (Å²) in [5.74, 6) is 0.535. The quantitative estimate of drug-likeness (QED) is 0.802. The Morgan fingerprint density at radius 1 is 1.21 bits per heavy atom. The van der Waals surface area contributed by atoms with Gasteiger partial charge in [-0.15, -0.1) is 0 Å². The van der Waals surface area contributed by atoms with Gasteiger partial charge in [-0.2, -0.15) is 0 Å². The van der Waals surface area contributed by atoms with Crippen molar-refractivity contribution >= 4 is 23.2 Å². The van der Waals surface area contributed by atoms with E-state index in [0.717, 1.165) is 16.8 Å². The van der Waals surface area contributed by atoms with Gasteiger partial charge in [0.05, 0.1) is 11.6 Å². The predicted molar refractivity (Wildman–Crippen MR) is 103 cm³/mol. The fourth-order valence-electron chi connectivity index (χ4n) is 2.98. The Morgan fingerprint density at radius 2 is 1.79 bits per heavy atom. The Morgan fingerprint density at radius 3 is 2.29 bits per heavy atom. The molecule has 1 amide bonds. The molecule has 1 aliphatic heterocycles. The van der Waals surface area contributed by atoms with Crippen molar-refractivity contribution in [3.63, 3.8) is 0 Å². The van der Waals surface area contributed by atoms with E-state index >= 15 is 0 Å². The van der Waals surface area contributed by atoms with E-state index in [9.17, 15) is 4.79 Å². The average Bonchev–Trinajstić information content (AvgIpc) is 2.55. The average molecular weight is 346 g/mol. The van der Waals surface area contributed by atoms with Crippen molar-refractivity contribution in [1.29, 1.82) is 0 Å². The summed E-state index contributed by atoms with van der Waals surface area (Å²) >= 11 is 5.31. The van der Waals surface area contributed by atoms with Crippen LogP contribution in [0.15, 0.2) is 35.5 Å². The van der Waals surface area contributed by atoms with E-state index in [2.05, 4.69) is 48.7 Å². The Kier molecular flexibility index (Phi) is 5.99. The lowest BCUT2D eigenvalue weighted by Crippen LogP contribution is -2.47. The number of likely N-dealkylation sites (N-methyl/N-ethyl adjacent to an activating group) is 1. The van der Waals surface area contributed by atoms with Gasteiger partial charge < -0.3 is 15.5 Å². The summed E-state index contributed by atoms with van der Waals surface area (Å²) in [4.78, 5) is 14.8. The fourth-order valence-corrected chi connectivity index (χ4v) is 3.25. The van der Waals surface area contributed by atoms with Crippen molar-refractivity contribution in [1.82, 2.24) is 15.5 Å². The number of hydrogen-bond acceptors (Lipinski definition) is 2. The maximum absolute atomic E-state index is 13.0. The molecular formula is C19H27N3OS. The lowest BCUT2D eigenvalue weighted by Gasteiger charge is -2.33. The lowest BCUT2D eigenvalue weighted by molar-refractivity contribution is -0.127. The molecule has 0 saturated heterocycles. The molecule has 0 aliphatic carbocycles. The number of hydrogen-bond donors (Lipinski definition) is 2. The van der Waals surface area contributed by atoms with E-state index in [1.54, 1.807) is 0 Å². The third-order valence-corrected chi connectivity index (χ3v) is 4.71. The zero-order valence-electron chi connectivity index (χ0n) is 15.1. The van der Waals surface area contributed by atoms with Crippen molar-refractivity contribution in [2.75, 3.05) is 13.1 Å². The van der Waals surface area contributed by atoms with Crippen LogP contribution in [0, 0.1) is 0 Å². The summed E-state index contributed by atoms with van der Waals surface area (Å²) in [5, 5.41) is 6.91. The lowest BCUT2D eigenvalue weighted by atomic mass is 9.92. The van der Waals surface area contributed by atoms with Gasteiger partial charge in [0.2, 0.25) is 0 Å². The van der Waals surface area contributed by atoms with Crippen LogP contribution in [0.4, 0.5) is 0 Å². The van der Waals surface area contributed by atoms with Gasteiger partial charge in [-0.25, -0.2) is 0 Å². The van der Waals surface area contributed by atoms with Gasteiger partial charge in [0, 0.05) is 18.8 Å². The highest BCUT2D eigenvalue weighted by Gasteiger charge is 2.31. The van der Waals surface area contributed by atoms with E-state index in [-0.39, 0.29) is 11.9 Å². The van der Waals surface area contributed by atoms with Crippen LogP contribution >= 0.6 is 12.2 Å². The summed E-state index contributed by atoms with van der Waals surface area (Å²) in [6.45, 7) is 11.6. The van der Waals surface area contributed by atoms with Crippen LogP contribution in [-0.2, 0) is 4.79 Å². The second-order valence-electron chi connectivity index (χ2n) is 6.37. The maximum Gasteiger partial charge on any atom is 0.253 e. The highest BCUT2D eigenvalue weighted by molar-refractivity contribution is 7.80. The van der Waals surface area contributed by atoms with Gasteiger partial charge in [0.15, 0.2) is 5.11 Å². The first-order valence-electron chi connectivity index (χ1n) is 8.56. The number of nitrogens with one attached hydrogen (secondary N) is 2. The molecule has 1 aromatic carbocycles. The Balaban J connectivity index is 2.42. The van der Waals surface area contributed by atoms with Gasteiger partial charge >= 0.3 is 0 Å². The third-order valence-electron chi connectivity index (χ3n) is 4.49. The maximum atomic E-state index is 13.0. The minimum Gasteiger partial charge on any atom is -0.351 e. The minimum absolute atomic E-state index is 0.0536. The summed E-state index contributed by atoms with van der Waals surface area (Å²) < 4.78 is 0. The van der Waals surface area contributed by atoms with Crippen LogP contribution in [0.25, 0.3) is 0 Å². The predicted octanol–water partition coefficient (Wildman–Crippen LogP) is 3.47. The van der Waals surface area contributed by atoms with E-state index in [4.69, 9.17) is 12.2 Å². The molecule has 1 atom stereocenters. The SMILES string of the molecule is CCN(CC)C(=O)C1=C(C)NC(=S)NC1c1ccc(C(C)C)cc1. The first-order chi connectivity index (χ1) is 11.4. The normalized spacial score (nSPS) is 17.6. The largest absolute Gasteiger partial charge is 0.351 e. The van der Waals surface area contributed by atoms with Crippen molar-refractivity contribution in [2.24, 2.45) is 0 Å². The van der Waals surface area contributed by atoms with Gasteiger partial charge in [-0.05, 0) is 50.0 Å². The molecular weight excluding hydrogens is 318 g/mol. The molecule has 0 bridgehead atoms. The highest BCUT2D eigenvalue weighted by atomic mass is 32.1. The number of amides is 1. The highest BCUT2D eigenvalue weighted by Crippen LogP contribution is 2.29. The molecule has 24 heavy (non-hydrogen) atoms. The molecule has 5 heteroatoms. The number of benzene rings is 1. The van der Waals surface area contributed by atoms with Crippen LogP contribution in [0.5, 0.6) is 0 Å². The summed E-state index contributed by atoms with van der Waals surface area (Å²) in [6, 6.07) is 8.21. The molecule has 130 valence electrons. The molecule has 2 N–H and O–H groups in total. The first-order valence-corrected chi connectivity index (χ1v) is 8.97. The third kappa shape index (κ3) is 3.78.